The van der Waals surface area contributed by atoms with Crippen molar-refractivity contribution in [3.8, 4) is 0 Å². The van der Waals surface area contributed by atoms with Crippen LogP contribution >= 0.6 is 0 Å². The maximum atomic E-state index is 10.9. The highest BCUT2D eigenvalue weighted by atomic mass is 16.4. The highest BCUT2D eigenvalue weighted by molar-refractivity contribution is 5.88. The third-order valence-electron chi connectivity index (χ3n) is 3.89. The van der Waals surface area contributed by atoms with E-state index in [0.29, 0.717) is 12.3 Å². The zero-order valence-corrected chi connectivity index (χ0v) is 13.0. The van der Waals surface area contributed by atoms with Gasteiger partial charge in [-0.2, -0.15) is 0 Å². The van der Waals surface area contributed by atoms with Crippen LogP contribution in [-0.4, -0.2) is 21.7 Å². The number of para-hydroxylation sites is 1. The summed E-state index contributed by atoms with van der Waals surface area (Å²) in [5, 5.41) is 10.1. The lowest BCUT2D eigenvalue weighted by atomic mass is 10.0. The first-order chi connectivity index (χ1) is 10.1. The Hall–Kier alpha value is -1.81. The second-order valence-electron chi connectivity index (χ2n) is 5.43. The van der Waals surface area contributed by atoms with Gasteiger partial charge in [-0.25, -0.2) is 0 Å². The van der Waals surface area contributed by atoms with E-state index in [-0.39, 0.29) is 0 Å². The lowest BCUT2D eigenvalue weighted by Gasteiger charge is -2.06. The Labute approximate surface area is 125 Å². The van der Waals surface area contributed by atoms with Crippen LogP contribution in [0.4, 0.5) is 0 Å². The Morgan fingerprint density at radius 3 is 2.67 bits per heavy atom. The van der Waals surface area contributed by atoms with E-state index in [0.717, 1.165) is 10.9 Å². The first-order valence-electron chi connectivity index (χ1n) is 7.63. The lowest BCUT2D eigenvalue weighted by Crippen LogP contribution is -2.32. The molecule has 0 spiro atoms. The molecule has 1 unspecified atom stereocenters. The number of nitrogens with zero attached hydrogens (tertiary/aromatic N) is 1. The van der Waals surface area contributed by atoms with Crippen molar-refractivity contribution < 1.29 is 9.90 Å². The first-order valence-corrected chi connectivity index (χ1v) is 7.63. The van der Waals surface area contributed by atoms with Gasteiger partial charge in [0.05, 0.1) is 5.52 Å². The molecule has 1 heterocycles. The van der Waals surface area contributed by atoms with Gasteiger partial charge in [0.25, 0.3) is 0 Å². The van der Waals surface area contributed by atoms with E-state index in [1.807, 2.05) is 27.1 Å². The van der Waals surface area contributed by atoms with Gasteiger partial charge >= 0.3 is 5.97 Å². The topological polar surface area (TPSA) is 68.2 Å². The summed E-state index contributed by atoms with van der Waals surface area (Å²) in [5.74, 6) is -0.270. The first kappa shape index (κ1) is 15.6. The minimum absolute atomic E-state index is 0.376. The number of nitrogens with two attached hydrogens (primary N) is 1. The molecule has 1 saturated carbocycles. The Balaban J connectivity index is 0.000000774. The number of hydrogen-bond acceptors (Lipinski definition) is 2. The molecule has 3 N–H and O–H groups in total. The molecule has 1 aromatic carbocycles. The third-order valence-corrected chi connectivity index (χ3v) is 3.89. The molecule has 1 aliphatic rings. The summed E-state index contributed by atoms with van der Waals surface area (Å²) >= 11 is 0. The molecule has 0 radical (unpaired) electrons. The molecule has 0 amide bonds. The summed E-state index contributed by atoms with van der Waals surface area (Å²) < 4.78 is 2.10. The summed E-state index contributed by atoms with van der Waals surface area (Å²) in [4.78, 5) is 10.9. The standard InChI is InChI=1S/C15H18N2O2.C2H6/c1-17-8-10(7-13(16)15(18)19)12-4-2-3-11(14(12)17)9-5-6-9;1-2/h2-4,8-9,13H,5-7,16H2,1H3,(H,18,19);1-2H3. The van der Waals surface area contributed by atoms with Crippen molar-refractivity contribution in [2.24, 2.45) is 12.8 Å². The van der Waals surface area contributed by atoms with E-state index in [9.17, 15) is 4.79 Å². The zero-order valence-electron chi connectivity index (χ0n) is 13.0. The molecule has 0 aliphatic heterocycles. The SMILES string of the molecule is CC.Cn1cc(CC(N)C(=O)O)c2cccc(C3CC3)c21. The van der Waals surface area contributed by atoms with Gasteiger partial charge in [-0.15, -0.1) is 0 Å². The van der Waals surface area contributed by atoms with E-state index >= 15 is 0 Å². The van der Waals surface area contributed by atoms with Crippen LogP contribution < -0.4 is 5.73 Å². The fourth-order valence-corrected chi connectivity index (χ4v) is 2.79. The van der Waals surface area contributed by atoms with Crippen LogP contribution in [0.1, 0.15) is 43.7 Å². The molecule has 4 heteroatoms. The van der Waals surface area contributed by atoms with Crippen molar-refractivity contribution in [1.82, 2.24) is 4.57 Å². The molecule has 4 nitrogen and oxygen atoms in total. The molecule has 2 aromatic rings. The number of aliphatic carboxylic acids is 1. The van der Waals surface area contributed by atoms with Gasteiger partial charge in [0.15, 0.2) is 0 Å². The number of carboxylic acid groups (broad SMARTS) is 1. The second kappa shape index (κ2) is 6.31. The van der Waals surface area contributed by atoms with Crippen molar-refractivity contribution >= 4 is 16.9 Å². The van der Waals surface area contributed by atoms with E-state index in [1.165, 1.54) is 23.9 Å². The van der Waals surface area contributed by atoms with Crippen molar-refractivity contribution in [1.29, 1.82) is 0 Å². The fraction of sp³-hybridized carbons (Fsp3) is 0.471. The maximum absolute atomic E-state index is 10.9. The van der Waals surface area contributed by atoms with Gasteiger partial charge in [0.1, 0.15) is 6.04 Å². The Kier molecular flexibility index (Phi) is 4.68. The number of carboxylic acids is 1. The lowest BCUT2D eigenvalue weighted by molar-refractivity contribution is -0.138. The van der Waals surface area contributed by atoms with Crippen molar-refractivity contribution in [2.45, 2.75) is 45.1 Å². The molecule has 114 valence electrons. The van der Waals surface area contributed by atoms with Crippen LogP contribution in [0.5, 0.6) is 0 Å². The van der Waals surface area contributed by atoms with Crippen LogP contribution in [0.3, 0.4) is 0 Å². The normalized spacial score (nSPS) is 15.4. The van der Waals surface area contributed by atoms with E-state index in [2.05, 4.69) is 22.8 Å². The number of hydrogen-bond donors (Lipinski definition) is 2. The summed E-state index contributed by atoms with van der Waals surface area (Å²) in [6, 6.07) is 5.47. The average Bonchev–Trinajstić information content (AvgIpc) is 3.27. The summed E-state index contributed by atoms with van der Waals surface area (Å²) in [6.45, 7) is 4.00. The number of aryl methyl sites for hydroxylation is 1. The molecular formula is C17H24N2O2. The zero-order chi connectivity index (χ0) is 15.6. The van der Waals surface area contributed by atoms with Gasteiger partial charge in [-0.3, -0.25) is 4.79 Å². The highest BCUT2D eigenvalue weighted by Crippen LogP contribution is 2.43. The van der Waals surface area contributed by atoms with E-state index in [1.54, 1.807) is 0 Å². The summed E-state index contributed by atoms with van der Waals surface area (Å²) in [5.41, 5.74) is 9.29. The highest BCUT2D eigenvalue weighted by Gasteiger charge is 2.27. The van der Waals surface area contributed by atoms with Crippen LogP contribution in [0.25, 0.3) is 10.9 Å². The number of rotatable bonds is 4. The fourth-order valence-electron chi connectivity index (χ4n) is 2.79. The number of carbonyl (C=O) groups is 1. The van der Waals surface area contributed by atoms with Crippen molar-refractivity contribution in [2.75, 3.05) is 0 Å². The molecule has 3 rings (SSSR count). The van der Waals surface area contributed by atoms with E-state index < -0.39 is 12.0 Å². The van der Waals surface area contributed by atoms with Gasteiger partial charge < -0.3 is 15.4 Å². The Morgan fingerprint density at radius 1 is 1.43 bits per heavy atom. The number of benzene rings is 1. The minimum atomic E-state index is -0.949. The average molecular weight is 288 g/mol. The molecule has 0 bridgehead atoms. The Morgan fingerprint density at radius 2 is 2.10 bits per heavy atom. The molecule has 1 atom stereocenters. The van der Waals surface area contributed by atoms with Crippen molar-refractivity contribution in [3.05, 3.63) is 35.5 Å². The third kappa shape index (κ3) is 3.10. The maximum Gasteiger partial charge on any atom is 0.320 e. The molecule has 21 heavy (non-hydrogen) atoms. The van der Waals surface area contributed by atoms with Crippen LogP contribution in [0.15, 0.2) is 24.4 Å². The van der Waals surface area contributed by atoms with Crippen molar-refractivity contribution in [3.63, 3.8) is 0 Å². The largest absolute Gasteiger partial charge is 0.480 e. The smallest absolute Gasteiger partial charge is 0.320 e. The predicted octanol–water partition coefficient (Wildman–Crippen LogP) is 3.04. The molecular weight excluding hydrogens is 264 g/mol. The van der Waals surface area contributed by atoms with Gasteiger partial charge in [0, 0.05) is 25.1 Å². The molecule has 1 aliphatic carbocycles. The van der Waals surface area contributed by atoms with Crippen LogP contribution in [-0.2, 0) is 18.3 Å². The second-order valence-corrected chi connectivity index (χ2v) is 5.43. The summed E-state index contributed by atoms with van der Waals surface area (Å²) in [7, 11) is 2.02. The van der Waals surface area contributed by atoms with Gasteiger partial charge in [-0.1, -0.05) is 32.0 Å². The Bertz CT molecular complexity index is 642. The summed E-state index contributed by atoms with van der Waals surface area (Å²) in [6.07, 6.45) is 4.91. The van der Waals surface area contributed by atoms with Crippen LogP contribution in [0.2, 0.25) is 0 Å². The predicted molar refractivity (Wildman–Crippen MR) is 85.6 cm³/mol. The number of aromatic nitrogens is 1. The van der Waals surface area contributed by atoms with Gasteiger partial charge in [0.2, 0.25) is 0 Å². The molecule has 1 fully saturated rings. The molecule has 0 saturated heterocycles. The minimum Gasteiger partial charge on any atom is -0.480 e. The monoisotopic (exact) mass is 288 g/mol. The quantitative estimate of drug-likeness (QED) is 0.908. The molecule has 1 aromatic heterocycles. The van der Waals surface area contributed by atoms with Crippen LogP contribution in [0, 0.1) is 0 Å². The number of fused-ring (bicyclic) bond motifs is 1. The van der Waals surface area contributed by atoms with Gasteiger partial charge in [-0.05, 0) is 29.9 Å². The van der Waals surface area contributed by atoms with E-state index in [4.69, 9.17) is 10.8 Å².